The highest BCUT2D eigenvalue weighted by atomic mass is 16.2. The van der Waals surface area contributed by atoms with Crippen molar-refractivity contribution in [3.63, 3.8) is 0 Å². The van der Waals surface area contributed by atoms with Crippen LogP contribution in [0.2, 0.25) is 0 Å². The van der Waals surface area contributed by atoms with Crippen molar-refractivity contribution in [1.29, 1.82) is 0 Å². The zero-order valence-corrected chi connectivity index (χ0v) is 23.9. The molecule has 4 aromatic rings. The number of nitrogens with zero attached hydrogens (tertiary/aromatic N) is 4. The summed E-state index contributed by atoms with van der Waals surface area (Å²) >= 11 is 0. The molecule has 0 aliphatic carbocycles. The largest absolute Gasteiger partial charge is 0.350 e. The maximum atomic E-state index is 14.2. The number of nitrogens with one attached hydrogen (secondary N) is 3. The molecule has 43 heavy (non-hydrogen) atoms. The molecular weight excluding hydrogens is 542 g/mol. The first kappa shape index (κ1) is 27.2. The number of aromatic amines is 1. The van der Waals surface area contributed by atoms with Crippen LogP contribution in [0.15, 0.2) is 85.1 Å². The summed E-state index contributed by atoms with van der Waals surface area (Å²) in [6.07, 6.45) is 2.68. The zero-order chi connectivity index (χ0) is 29.4. The number of piperidine rings is 1. The summed E-state index contributed by atoms with van der Waals surface area (Å²) in [4.78, 5) is 46.6. The van der Waals surface area contributed by atoms with Crippen LogP contribution in [-0.2, 0) is 9.59 Å². The molecule has 1 unspecified atom stereocenters. The first-order chi connectivity index (χ1) is 21.0. The molecule has 10 nitrogen and oxygen atoms in total. The Bertz CT molecular complexity index is 1630. The van der Waals surface area contributed by atoms with Crippen molar-refractivity contribution in [2.75, 3.05) is 44.3 Å². The number of para-hydroxylation sites is 1. The molecule has 220 valence electrons. The number of amides is 3. The van der Waals surface area contributed by atoms with Gasteiger partial charge in [-0.2, -0.15) is 5.10 Å². The number of anilines is 1. The summed E-state index contributed by atoms with van der Waals surface area (Å²) in [7, 11) is 0. The van der Waals surface area contributed by atoms with E-state index in [9.17, 15) is 14.4 Å². The van der Waals surface area contributed by atoms with Crippen molar-refractivity contribution in [3.05, 3.63) is 96.2 Å². The standard InChI is InChI=1S/C33H35N7O3/c41-30(36-29-20-34-19-27(29)23-7-3-1-4-8-23)21-39-22-40(26-9-5-2-6-10-26)33(32(39)43)13-15-38(16-14-33)31(42)24-11-12-28-25(17-24)18-35-37-28/h1-12,17-18,27,29,34H,13-16,19-22H2,(H,35,37)(H,36,41)/t27-,29?/m0/s1. The van der Waals surface area contributed by atoms with Gasteiger partial charge in [-0.15, -0.1) is 0 Å². The van der Waals surface area contributed by atoms with E-state index in [-0.39, 0.29) is 36.2 Å². The van der Waals surface area contributed by atoms with Crippen LogP contribution in [0.5, 0.6) is 0 Å². The van der Waals surface area contributed by atoms with Crippen LogP contribution < -0.4 is 15.5 Å². The van der Waals surface area contributed by atoms with Crippen LogP contribution >= 0.6 is 0 Å². The number of carbonyl (C=O) groups excluding carboxylic acids is 3. The molecule has 3 saturated heterocycles. The molecule has 3 aliphatic rings. The number of aromatic nitrogens is 2. The van der Waals surface area contributed by atoms with Crippen molar-refractivity contribution in [2.24, 2.45) is 0 Å². The second kappa shape index (κ2) is 11.2. The van der Waals surface area contributed by atoms with Crippen LogP contribution in [0.4, 0.5) is 5.69 Å². The Labute approximate surface area is 250 Å². The molecule has 0 radical (unpaired) electrons. The fourth-order valence-corrected chi connectivity index (χ4v) is 6.97. The number of rotatable bonds is 6. The monoisotopic (exact) mass is 577 g/mol. The molecule has 1 aromatic heterocycles. The minimum Gasteiger partial charge on any atom is -0.350 e. The first-order valence-electron chi connectivity index (χ1n) is 14.9. The minimum atomic E-state index is -0.811. The van der Waals surface area contributed by atoms with Crippen LogP contribution in [0.3, 0.4) is 0 Å². The van der Waals surface area contributed by atoms with E-state index in [0.29, 0.717) is 44.7 Å². The Kier molecular flexibility index (Phi) is 7.06. The summed E-state index contributed by atoms with van der Waals surface area (Å²) in [5, 5.41) is 14.4. The molecule has 1 spiro atoms. The van der Waals surface area contributed by atoms with E-state index in [4.69, 9.17) is 0 Å². The molecule has 3 N–H and O–H groups in total. The summed E-state index contributed by atoms with van der Waals surface area (Å²) in [6.45, 7) is 2.71. The topological polar surface area (TPSA) is 114 Å². The van der Waals surface area contributed by atoms with E-state index >= 15 is 0 Å². The Morgan fingerprint density at radius 2 is 1.70 bits per heavy atom. The van der Waals surface area contributed by atoms with E-state index in [2.05, 4.69) is 37.9 Å². The third kappa shape index (κ3) is 5.01. The Balaban J connectivity index is 1.06. The van der Waals surface area contributed by atoms with Crippen molar-refractivity contribution in [3.8, 4) is 0 Å². The van der Waals surface area contributed by atoms with Crippen LogP contribution in [0.25, 0.3) is 10.9 Å². The van der Waals surface area contributed by atoms with Gasteiger partial charge in [0.1, 0.15) is 12.1 Å². The molecule has 3 amide bonds. The van der Waals surface area contributed by atoms with Crippen molar-refractivity contribution < 1.29 is 14.4 Å². The van der Waals surface area contributed by atoms with Crippen molar-refractivity contribution in [2.45, 2.75) is 30.3 Å². The maximum Gasteiger partial charge on any atom is 0.253 e. The van der Waals surface area contributed by atoms with Gasteiger partial charge in [0.15, 0.2) is 0 Å². The highest BCUT2D eigenvalue weighted by molar-refractivity contribution is 5.99. The fraction of sp³-hybridized carbons (Fsp3) is 0.333. The molecular formula is C33H35N7O3. The second-order valence-corrected chi connectivity index (χ2v) is 11.8. The summed E-state index contributed by atoms with van der Waals surface area (Å²) in [5.41, 5.74) is 2.81. The van der Waals surface area contributed by atoms with Crippen LogP contribution in [0, 0.1) is 0 Å². The first-order valence-corrected chi connectivity index (χ1v) is 14.9. The molecule has 10 heteroatoms. The highest BCUT2D eigenvalue weighted by Crippen LogP contribution is 2.39. The van der Waals surface area contributed by atoms with Crippen LogP contribution in [-0.4, -0.2) is 88.7 Å². The lowest BCUT2D eigenvalue weighted by Crippen LogP contribution is -2.57. The highest BCUT2D eigenvalue weighted by Gasteiger charge is 2.54. The summed E-state index contributed by atoms with van der Waals surface area (Å²) in [6, 6.07) is 25.6. The van der Waals surface area contributed by atoms with Gasteiger partial charge in [0.2, 0.25) is 5.91 Å². The van der Waals surface area contributed by atoms with Gasteiger partial charge in [0.25, 0.3) is 11.8 Å². The normalized spacial score (nSPS) is 21.6. The Morgan fingerprint density at radius 1 is 0.953 bits per heavy atom. The van der Waals surface area contributed by atoms with Crippen molar-refractivity contribution in [1.82, 2.24) is 30.6 Å². The number of carbonyl (C=O) groups is 3. The quantitative estimate of drug-likeness (QED) is 0.325. The molecule has 3 aromatic carbocycles. The Morgan fingerprint density at radius 3 is 2.47 bits per heavy atom. The average Bonchev–Trinajstić information content (AvgIpc) is 3.77. The molecule has 7 rings (SSSR count). The van der Waals surface area contributed by atoms with Gasteiger partial charge < -0.3 is 25.3 Å². The van der Waals surface area contributed by atoms with Gasteiger partial charge in [-0.3, -0.25) is 19.5 Å². The molecule has 3 fully saturated rings. The second-order valence-electron chi connectivity index (χ2n) is 11.8. The predicted octanol–water partition coefficient (Wildman–Crippen LogP) is 2.72. The molecule has 0 saturated carbocycles. The fourth-order valence-electron chi connectivity index (χ4n) is 6.97. The molecule has 3 aliphatic heterocycles. The number of hydrogen-bond acceptors (Lipinski definition) is 6. The van der Waals surface area contributed by atoms with E-state index in [0.717, 1.165) is 23.1 Å². The number of benzene rings is 3. The molecule has 2 atom stereocenters. The number of H-pyrrole nitrogens is 1. The van der Waals surface area contributed by atoms with Gasteiger partial charge in [-0.25, -0.2) is 0 Å². The third-order valence-corrected chi connectivity index (χ3v) is 9.27. The van der Waals surface area contributed by atoms with E-state index in [1.807, 2.05) is 71.6 Å². The average molecular weight is 578 g/mol. The van der Waals surface area contributed by atoms with E-state index in [1.165, 1.54) is 5.56 Å². The Hall–Kier alpha value is -4.70. The van der Waals surface area contributed by atoms with E-state index < -0.39 is 5.54 Å². The van der Waals surface area contributed by atoms with Gasteiger partial charge in [-0.05, 0) is 48.7 Å². The smallest absolute Gasteiger partial charge is 0.253 e. The van der Waals surface area contributed by atoms with Crippen molar-refractivity contribution >= 4 is 34.3 Å². The van der Waals surface area contributed by atoms with Crippen LogP contribution in [0.1, 0.15) is 34.7 Å². The zero-order valence-electron chi connectivity index (χ0n) is 23.9. The van der Waals surface area contributed by atoms with Gasteiger partial charge >= 0.3 is 0 Å². The number of likely N-dealkylation sites (tertiary alicyclic amines) is 1. The minimum absolute atomic E-state index is 0.00468. The molecule has 0 bridgehead atoms. The summed E-state index contributed by atoms with van der Waals surface area (Å²) in [5.74, 6) is -0.0791. The lowest BCUT2D eigenvalue weighted by Gasteiger charge is -2.43. The third-order valence-electron chi connectivity index (χ3n) is 9.27. The molecule has 4 heterocycles. The number of fused-ring (bicyclic) bond motifs is 1. The van der Waals surface area contributed by atoms with E-state index in [1.54, 1.807) is 11.1 Å². The lowest BCUT2D eigenvalue weighted by molar-refractivity contribution is -0.137. The summed E-state index contributed by atoms with van der Waals surface area (Å²) < 4.78 is 0. The number of hydrogen-bond donors (Lipinski definition) is 3. The SMILES string of the molecule is O=C(CN1CN(c2ccccc2)C2(CCN(C(=O)c3ccc4[nH]ncc4c3)CC2)C1=O)NC1CNC[C@H]1c1ccccc1. The van der Waals surface area contributed by atoms with Gasteiger partial charge in [0.05, 0.1) is 18.4 Å². The maximum absolute atomic E-state index is 14.2. The lowest BCUT2D eigenvalue weighted by atomic mass is 9.85. The van der Waals surface area contributed by atoms with Gasteiger partial charge in [-0.1, -0.05) is 48.5 Å². The predicted molar refractivity (Wildman–Crippen MR) is 163 cm³/mol. The van der Waals surface area contributed by atoms with Gasteiger partial charge in [0, 0.05) is 54.8 Å².